The van der Waals surface area contributed by atoms with E-state index in [0.29, 0.717) is 17.6 Å². The van der Waals surface area contributed by atoms with Crippen molar-refractivity contribution >= 4 is 33.3 Å². The van der Waals surface area contributed by atoms with E-state index in [1.54, 1.807) is 0 Å². The van der Waals surface area contributed by atoms with Gasteiger partial charge in [-0.2, -0.15) is 0 Å². The van der Waals surface area contributed by atoms with Crippen LogP contribution in [-0.4, -0.2) is 48.3 Å². The summed E-state index contributed by atoms with van der Waals surface area (Å²) in [7, 11) is 0. The molecule has 3 heterocycles. The molecule has 2 aromatic heterocycles. The summed E-state index contributed by atoms with van der Waals surface area (Å²) in [6, 6.07) is 0. The summed E-state index contributed by atoms with van der Waals surface area (Å²) in [5, 5.41) is 0.980. The van der Waals surface area contributed by atoms with Crippen LogP contribution in [0, 0.1) is 13.8 Å². The topological polar surface area (TPSA) is 64.5 Å². The number of fused-ring (bicyclic) bond motifs is 1. The molecule has 0 N–H and O–H groups in total. The van der Waals surface area contributed by atoms with Crippen LogP contribution in [0.15, 0.2) is 0 Å². The Bertz CT molecular complexity index is 767. The molecule has 7 heteroatoms. The van der Waals surface area contributed by atoms with E-state index >= 15 is 0 Å². The Labute approximate surface area is 152 Å². The van der Waals surface area contributed by atoms with E-state index in [9.17, 15) is 4.79 Å². The second-order valence-electron chi connectivity index (χ2n) is 6.19. The van der Waals surface area contributed by atoms with E-state index in [1.165, 1.54) is 11.3 Å². The van der Waals surface area contributed by atoms with E-state index in [2.05, 4.69) is 9.88 Å². The van der Waals surface area contributed by atoms with Crippen molar-refractivity contribution < 1.29 is 14.3 Å². The summed E-state index contributed by atoms with van der Waals surface area (Å²) < 4.78 is 10.9. The lowest BCUT2D eigenvalue weighted by atomic mass is 10.1. The SMILES string of the molecule is CCOC(=O)c1sc2nc(C)nc(N3CCC(OCC)CC3)c2c1C. The molecule has 0 aliphatic carbocycles. The normalized spacial score (nSPS) is 15.8. The van der Waals surface area contributed by atoms with Gasteiger partial charge in [-0.1, -0.05) is 0 Å². The maximum absolute atomic E-state index is 12.2. The van der Waals surface area contributed by atoms with Crippen molar-refractivity contribution in [3.63, 3.8) is 0 Å². The Morgan fingerprint density at radius 3 is 2.56 bits per heavy atom. The van der Waals surface area contributed by atoms with Gasteiger partial charge in [0.25, 0.3) is 0 Å². The minimum Gasteiger partial charge on any atom is -0.462 e. The number of aryl methyl sites for hydroxylation is 2. The molecule has 136 valence electrons. The number of esters is 1. The highest BCUT2D eigenvalue weighted by atomic mass is 32.1. The highest BCUT2D eigenvalue weighted by Gasteiger charge is 2.26. The van der Waals surface area contributed by atoms with Gasteiger partial charge in [0.2, 0.25) is 0 Å². The van der Waals surface area contributed by atoms with Crippen LogP contribution in [-0.2, 0) is 9.47 Å². The molecule has 25 heavy (non-hydrogen) atoms. The summed E-state index contributed by atoms with van der Waals surface area (Å²) >= 11 is 1.40. The predicted molar refractivity (Wildman–Crippen MR) is 99.7 cm³/mol. The summed E-state index contributed by atoms with van der Waals surface area (Å²) in [5.74, 6) is 1.38. The molecule has 0 unspecified atom stereocenters. The molecule has 3 rings (SSSR count). The number of carbonyl (C=O) groups is 1. The molecule has 0 spiro atoms. The molecule has 1 saturated heterocycles. The maximum Gasteiger partial charge on any atom is 0.348 e. The number of anilines is 1. The maximum atomic E-state index is 12.2. The van der Waals surface area contributed by atoms with Crippen molar-refractivity contribution in [2.24, 2.45) is 0 Å². The van der Waals surface area contributed by atoms with Crippen LogP contribution >= 0.6 is 11.3 Å². The van der Waals surface area contributed by atoms with Crippen molar-refractivity contribution in [2.75, 3.05) is 31.2 Å². The van der Waals surface area contributed by atoms with E-state index in [4.69, 9.17) is 14.5 Å². The fourth-order valence-electron chi connectivity index (χ4n) is 3.31. The lowest BCUT2D eigenvalue weighted by molar-refractivity contribution is 0.0458. The molecule has 1 aliphatic heterocycles. The number of ether oxygens (including phenoxy) is 2. The minimum atomic E-state index is -0.276. The smallest absolute Gasteiger partial charge is 0.348 e. The summed E-state index contributed by atoms with van der Waals surface area (Å²) in [4.78, 5) is 25.3. The number of aromatic nitrogens is 2. The standard InChI is InChI=1S/C18H25N3O3S/c1-5-23-13-7-9-21(10-8-13)16-14-11(3)15(18(22)24-6-2)25-17(14)20-12(4)19-16/h13H,5-10H2,1-4H3. The van der Waals surface area contributed by atoms with Gasteiger partial charge in [-0.25, -0.2) is 14.8 Å². The van der Waals surface area contributed by atoms with Gasteiger partial charge in [-0.05, 0) is 46.1 Å². The molecule has 0 saturated carbocycles. The number of hydrogen-bond donors (Lipinski definition) is 0. The van der Waals surface area contributed by atoms with Crippen molar-refractivity contribution in [1.29, 1.82) is 0 Å². The first kappa shape index (κ1) is 18.1. The molecule has 0 radical (unpaired) electrons. The average molecular weight is 363 g/mol. The van der Waals surface area contributed by atoms with Crippen LogP contribution in [0.5, 0.6) is 0 Å². The number of rotatable bonds is 5. The van der Waals surface area contributed by atoms with Gasteiger partial charge in [-0.15, -0.1) is 11.3 Å². The van der Waals surface area contributed by atoms with E-state index in [1.807, 2.05) is 27.7 Å². The molecule has 1 fully saturated rings. The third-order valence-electron chi connectivity index (χ3n) is 4.49. The first-order valence-corrected chi connectivity index (χ1v) is 9.68. The number of thiophene rings is 1. The Balaban J connectivity index is 1.96. The Hall–Kier alpha value is -1.73. The van der Waals surface area contributed by atoms with Gasteiger partial charge < -0.3 is 14.4 Å². The van der Waals surface area contributed by atoms with Gasteiger partial charge in [-0.3, -0.25) is 0 Å². The third-order valence-corrected chi connectivity index (χ3v) is 5.65. The average Bonchev–Trinajstić information content (AvgIpc) is 2.92. The predicted octanol–water partition coefficient (Wildman–Crippen LogP) is 3.49. The Morgan fingerprint density at radius 1 is 1.20 bits per heavy atom. The van der Waals surface area contributed by atoms with Crippen LogP contribution in [0.25, 0.3) is 10.2 Å². The summed E-state index contributed by atoms with van der Waals surface area (Å²) in [6.07, 6.45) is 2.32. The van der Waals surface area contributed by atoms with Crippen LogP contribution in [0.4, 0.5) is 5.82 Å². The first-order chi connectivity index (χ1) is 12.0. The van der Waals surface area contributed by atoms with Crippen molar-refractivity contribution in [1.82, 2.24) is 9.97 Å². The molecule has 2 aromatic rings. The van der Waals surface area contributed by atoms with E-state index in [0.717, 1.165) is 60.0 Å². The van der Waals surface area contributed by atoms with Crippen LogP contribution < -0.4 is 4.90 Å². The fraction of sp³-hybridized carbons (Fsp3) is 0.611. The second-order valence-corrected chi connectivity index (χ2v) is 7.19. The number of piperidine rings is 1. The van der Waals surface area contributed by atoms with Gasteiger partial charge >= 0.3 is 5.97 Å². The van der Waals surface area contributed by atoms with Gasteiger partial charge in [0, 0.05) is 19.7 Å². The minimum absolute atomic E-state index is 0.276. The Kier molecular flexibility index (Phi) is 5.54. The quantitative estimate of drug-likeness (QED) is 0.758. The zero-order chi connectivity index (χ0) is 18.0. The molecule has 0 aromatic carbocycles. The summed E-state index contributed by atoms with van der Waals surface area (Å²) in [5.41, 5.74) is 0.917. The van der Waals surface area contributed by atoms with Gasteiger partial charge in [0.15, 0.2) is 0 Å². The second kappa shape index (κ2) is 7.66. The van der Waals surface area contributed by atoms with Crippen molar-refractivity contribution in [3.05, 3.63) is 16.3 Å². The molecule has 1 aliphatic rings. The summed E-state index contributed by atoms with van der Waals surface area (Å²) in [6.45, 7) is 10.6. The molecule has 0 amide bonds. The zero-order valence-electron chi connectivity index (χ0n) is 15.3. The van der Waals surface area contributed by atoms with Gasteiger partial charge in [0.05, 0.1) is 18.1 Å². The molecule has 6 nitrogen and oxygen atoms in total. The van der Waals surface area contributed by atoms with Crippen LogP contribution in [0.1, 0.15) is 47.7 Å². The largest absolute Gasteiger partial charge is 0.462 e. The number of nitrogens with zero attached hydrogens (tertiary/aromatic N) is 3. The number of carbonyl (C=O) groups excluding carboxylic acids is 1. The zero-order valence-corrected chi connectivity index (χ0v) is 16.1. The lowest BCUT2D eigenvalue weighted by Gasteiger charge is -2.33. The molecule has 0 atom stereocenters. The highest BCUT2D eigenvalue weighted by molar-refractivity contribution is 7.20. The molecule has 0 bridgehead atoms. The van der Waals surface area contributed by atoms with Crippen molar-refractivity contribution in [2.45, 2.75) is 46.6 Å². The van der Waals surface area contributed by atoms with Gasteiger partial charge in [0.1, 0.15) is 21.3 Å². The van der Waals surface area contributed by atoms with Crippen molar-refractivity contribution in [3.8, 4) is 0 Å². The monoisotopic (exact) mass is 363 g/mol. The van der Waals surface area contributed by atoms with E-state index < -0.39 is 0 Å². The fourth-order valence-corrected chi connectivity index (χ4v) is 4.43. The van der Waals surface area contributed by atoms with E-state index in [-0.39, 0.29) is 5.97 Å². The highest BCUT2D eigenvalue weighted by Crippen LogP contribution is 2.36. The third kappa shape index (κ3) is 3.62. The molecular weight excluding hydrogens is 338 g/mol. The first-order valence-electron chi connectivity index (χ1n) is 8.86. The lowest BCUT2D eigenvalue weighted by Crippen LogP contribution is -2.37. The van der Waals surface area contributed by atoms with Crippen LogP contribution in [0.3, 0.4) is 0 Å². The molecular formula is C18H25N3O3S. The number of hydrogen-bond acceptors (Lipinski definition) is 7. The Morgan fingerprint density at radius 2 is 1.92 bits per heavy atom. The van der Waals surface area contributed by atoms with Crippen LogP contribution in [0.2, 0.25) is 0 Å².